The zero-order valence-corrected chi connectivity index (χ0v) is 14.8. The number of carbonyl (C=O) groups is 1. The van der Waals surface area contributed by atoms with E-state index in [0.717, 1.165) is 28.9 Å². The minimum Gasteiger partial charge on any atom is -0.378 e. The monoisotopic (exact) mass is 402 g/mol. The first kappa shape index (κ1) is 16.0. The maximum atomic E-state index is 12.5. The number of rotatable bonds is 3. The van der Waals surface area contributed by atoms with Crippen LogP contribution < -0.4 is 10.2 Å². The molecule has 2 aromatic heterocycles. The molecule has 1 aliphatic rings. The molecule has 2 N–H and O–H groups in total. The molecule has 0 bridgehead atoms. The Bertz CT molecular complexity index is 922. The van der Waals surface area contributed by atoms with Crippen LogP contribution in [0.3, 0.4) is 0 Å². The van der Waals surface area contributed by atoms with Gasteiger partial charge < -0.3 is 14.6 Å². The molecule has 1 aromatic carbocycles. The van der Waals surface area contributed by atoms with Crippen LogP contribution in [0.4, 0.5) is 11.8 Å². The number of hydrogen-bond donors (Lipinski definition) is 2. The second-order valence-electron chi connectivity index (χ2n) is 5.54. The van der Waals surface area contributed by atoms with Gasteiger partial charge in [0.15, 0.2) is 11.5 Å². The van der Waals surface area contributed by atoms with Crippen molar-refractivity contribution in [2.75, 3.05) is 36.5 Å². The van der Waals surface area contributed by atoms with Gasteiger partial charge in [-0.2, -0.15) is 9.97 Å². The Morgan fingerprint density at radius 3 is 2.92 bits per heavy atom. The Kier molecular flexibility index (Phi) is 4.33. The lowest BCUT2D eigenvalue weighted by Crippen LogP contribution is -2.37. The largest absolute Gasteiger partial charge is 0.378 e. The van der Waals surface area contributed by atoms with Gasteiger partial charge in [0.25, 0.3) is 5.91 Å². The SMILES string of the molecule is O=C(Nc1nc(N2CCOCC2)c2[nH]cnc2n1)c1cccc(Br)c1. The Hall–Kier alpha value is -2.52. The van der Waals surface area contributed by atoms with Gasteiger partial charge in [0.1, 0.15) is 5.52 Å². The number of imidazole rings is 1. The van der Waals surface area contributed by atoms with Crippen LogP contribution in [-0.4, -0.2) is 52.1 Å². The maximum Gasteiger partial charge on any atom is 0.258 e. The van der Waals surface area contributed by atoms with Crippen LogP contribution in [0.25, 0.3) is 11.2 Å². The first-order valence-corrected chi connectivity index (χ1v) is 8.61. The highest BCUT2D eigenvalue weighted by Gasteiger charge is 2.19. The number of benzene rings is 1. The Morgan fingerprint density at radius 2 is 2.12 bits per heavy atom. The van der Waals surface area contributed by atoms with E-state index in [1.807, 2.05) is 6.07 Å². The zero-order valence-electron chi connectivity index (χ0n) is 13.2. The molecule has 0 spiro atoms. The van der Waals surface area contributed by atoms with Crippen molar-refractivity contribution in [3.05, 3.63) is 40.6 Å². The van der Waals surface area contributed by atoms with Crippen molar-refractivity contribution in [1.82, 2.24) is 19.9 Å². The lowest BCUT2D eigenvalue weighted by Gasteiger charge is -2.28. The highest BCUT2D eigenvalue weighted by atomic mass is 79.9. The molecule has 1 fully saturated rings. The van der Waals surface area contributed by atoms with E-state index >= 15 is 0 Å². The maximum absolute atomic E-state index is 12.5. The van der Waals surface area contributed by atoms with Crippen LogP contribution in [0.2, 0.25) is 0 Å². The van der Waals surface area contributed by atoms with Crippen molar-refractivity contribution in [2.24, 2.45) is 0 Å². The second kappa shape index (κ2) is 6.77. The minimum atomic E-state index is -0.274. The number of carbonyl (C=O) groups excluding carboxylic acids is 1. The van der Waals surface area contributed by atoms with Crippen molar-refractivity contribution in [1.29, 1.82) is 0 Å². The molecule has 128 valence electrons. The van der Waals surface area contributed by atoms with E-state index in [9.17, 15) is 4.79 Å². The molecule has 1 saturated heterocycles. The summed E-state index contributed by atoms with van der Waals surface area (Å²) in [4.78, 5) is 30.7. The number of anilines is 2. The van der Waals surface area contributed by atoms with Crippen LogP contribution in [-0.2, 0) is 4.74 Å². The number of nitrogens with zero attached hydrogens (tertiary/aromatic N) is 4. The van der Waals surface area contributed by atoms with Crippen LogP contribution in [0, 0.1) is 0 Å². The quantitative estimate of drug-likeness (QED) is 0.696. The summed E-state index contributed by atoms with van der Waals surface area (Å²) in [7, 11) is 0. The second-order valence-corrected chi connectivity index (χ2v) is 6.45. The highest BCUT2D eigenvalue weighted by Crippen LogP contribution is 2.24. The summed E-state index contributed by atoms with van der Waals surface area (Å²) >= 11 is 3.36. The van der Waals surface area contributed by atoms with Crippen molar-refractivity contribution >= 4 is 44.8 Å². The molecule has 0 aliphatic carbocycles. The standard InChI is InChI=1S/C16H15BrN6O2/c17-11-3-1-2-10(8-11)15(24)22-16-20-13-12(18-9-19-13)14(21-16)23-4-6-25-7-5-23/h1-3,8-9H,4-7H2,(H2,18,19,20,21,22,24). The third-order valence-electron chi connectivity index (χ3n) is 3.89. The van der Waals surface area contributed by atoms with Gasteiger partial charge in [-0.05, 0) is 18.2 Å². The molecule has 0 radical (unpaired) electrons. The topological polar surface area (TPSA) is 96.0 Å². The van der Waals surface area contributed by atoms with E-state index in [1.54, 1.807) is 24.5 Å². The van der Waals surface area contributed by atoms with Crippen LogP contribution in [0.5, 0.6) is 0 Å². The number of halogens is 1. The number of fused-ring (bicyclic) bond motifs is 1. The van der Waals surface area contributed by atoms with Gasteiger partial charge in [-0.15, -0.1) is 0 Å². The van der Waals surface area contributed by atoms with Crippen LogP contribution >= 0.6 is 15.9 Å². The van der Waals surface area contributed by atoms with E-state index in [1.165, 1.54) is 0 Å². The van der Waals surface area contributed by atoms with Gasteiger partial charge in [-0.25, -0.2) is 4.98 Å². The number of amides is 1. The third kappa shape index (κ3) is 3.33. The summed E-state index contributed by atoms with van der Waals surface area (Å²) in [6.07, 6.45) is 1.57. The van der Waals surface area contributed by atoms with E-state index < -0.39 is 0 Å². The van der Waals surface area contributed by atoms with E-state index in [4.69, 9.17) is 4.74 Å². The normalized spacial score (nSPS) is 14.7. The van der Waals surface area contributed by atoms with Crippen LogP contribution in [0.1, 0.15) is 10.4 Å². The van der Waals surface area contributed by atoms with Gasteiger partial charge in [0.2, 0.25) is 5.95 Å². The molecule has 1 amide bonds. The van der Waals surface area contributed by atoms with Crippen molar-refractivity contribution in [3.63, 3.8) is 0 Å². The number of ether oxygens (including phenoxy) is 1. The number of morpholine rings is 1. The summed E-state index contributed by atoms with van der Waals surface area (Å²) in [5, 5.41) is 2.75. The molecule has 3 aromatic rings. The van der Waals surface area contributed by atoms with Gasteiger partial charge >= 0.3 is 0 Å². The van der Waals surface area contributed by atoms with Crippen molar-refractivity contribution in [3.8, 4) is 0 Å². The van der Waals surface area contributed by atoms with Gasteiger partial charge in [-0.1, -0.05) is 22.0 Å². The summed E-state index contributed by atoms with van der Waals surface area (Å²) in [6, 6.07) is 7.14. The van der Waals surface area contributed by atoms with Crippen molar-refractivity contribution in [2.45, 2.75) is 0 Å². The Morgan fingerprint density at radius 1 is 1.28 bits per heavy atom. The number of aromatic amines is 1. The van der Waals surface area contributed by atoms with E-state index in [-0.39, 0.29) is 11.9 Å². The fourth-order valence-electron chi connectivity index (χ4n) is 2.68. The molecule has 0 atom stereocenters. The third-order valence-corrected chi connectivity index (χ3v) is 4.38. The van der Waals surface area contributed by atoms with Gasteiger partial charge in [0.05, 0.1) is 19.5 Å². The summed E-state index contributed by atoms with van der Waals surface area (Å²) in [6.45, 7) is 2.73. The smallest absolute Gasteiger partial charge is 0.258 e. The Balaban J connectivity index is 1.66. The molecule has 4 rings (SSSR count). The molecule has 25 heavy (non-hydrogen) atoms. The fourth-order valence-corrected chi connectivity index (χ4v) is 3.08. The Labute approximate surface area is 151 Å². The predicted molar refractivity (Wildman–Crippen MR) is 96.8 cm³/mol. The molecule has 0 saturated carbocycles. The van der Waals surface area contributed by atoms with E-state index in [2.05, 4.69) is 46.1 Å². The van der Waals surface area contributed by atoms with E-state index in [0.29, 0.717) is 24.4 Å². The molecule has 9 heteroatoms. The summed E-state index contributed by atoms with van der Waals surface area (Å²) < 4.78 is 6.22. The lowest BCUT2D eigenvalue weighted by molar-refractivity contribution is 0.102. The number of H-pyrrole nitrogens is 1. The molecule has 1 aliphatic heterocycles. The van der Waals surface area contributed by atoms with Gasteiger partial charge in [0, 0.05) is 23.1 Å². The summed E-state index contributed by atoms with van der Waals surface area (Å²) in [5.74, 6) is 0.672. The first-order chi connectivity index (χ1) is 12.2. The minimum absolute atomic E-state index is 0.228. The molecular formula is C16H15BrN6O2. The number of nitrogens with one attached hydrogen (secondary N) is 2. The molecule has 3 heterocycles. The average molecular weight is 403 g/mol. The average Bonchev–Trinajstić information content (AvgIpc) is 3.10. The summed E-state index contributed by atoms with van der Waals surface area (Å²) in [5.41, 5.74) is 1.79. The zero-order chi connectivity index (χ0) is 17.2. The van der Waals surface area contributed by atoms with Gasteiger partial charge in [-0.3, -0.25) is 10.1 Å². The molecule has 8 nitrogen and oxygen atoms in total. The first-order valence-electron chi connectivity index (χ1n) is 7.81. The molecular weight excluding hydrogens is 388 g/mol. The lowest BCUT2D eigenvalue weighted by atomic mass is 10.2. The molecule has 0 unspecified atom stereocenters. The number of hydrogen-bond acceptors (Lipinski definition) is 6. The predicted octanol–water partition coefficient (Wildman–Crippen LogP) is 2.20. The van der Waals surface area contributed by atoms with Crippen molar-refractivity contribution < 1.29 is 9.53 Å². The fraction of sp³-hybridized carbons (Fsp3) is 0.250. The number of aromatic nitrogens is 4. The van der Waals surface area contributed by atoms with Crippen LogP contribution in [0.15, 0.2) is 35.1 Å². The highest BCUT2D eigenvalue weighted by molar-refractivity contribution is 9.10.